The van der Waals surface area contributed by atoms with Gasteiger partial charge >= 0.3 is 0 Å². The number of benzene rings is 1. The number of hydrogen-bond donors (Lipinski definition) is 1. The van der Waals surface area contributed by atoms with Crippen LogP contribution in [0.3, 0.4) is 0 Å². The van der Waals surface area contributed by atoms with Crippen molar-refractivity contribution in [1.29, 1.82) is 0 Å². The van der Waals surface area contributed by atoms with Crippen LogP contribution >= 0.6 is 0 Å². The predicted molar refractivity (Wildman–Crippen MR) is 95.0 cm³/mol. The fourth-order valence-corrected chi connectivity index (χ4v) is 2.69. The lowest BCUT2D eigenvalue weighted by Gasteiger charge is -2.15. The first-order chi connectivity index (χ1) is 11.6. The molecule has 122 valence electrons. The summed E-state index contributed by atoms with van der Waals surface area (Å²) in [5.74, 6) is -0.00147. The van der Waals surface area contributed by atoms with Crippen molar-refractivity contribution >= 4 is 5.91 Å². The van der Waals surface area contributed by atoms with Crippen molar-refractivity contribution in [1.82, 2.24) is 14.9 Å². The summed E-state index contributed by atoms with van der Waals surface area (Å²) in [5.41, 5.74) is 4.25. The number of hydrogen-bond acceptors (Lipinski definition) is 2. The van der Waals surface area contributed by atoms with E-state index in [2.05, 4.69) is 41.5 Å². The molecule has 0 fully saturated rings. The molecule has 0 aliphatic heterocycles. The molecule has 2 heterocycles. The molecule has 1 amide bonds. The van der Waals surface area contributed by atoms with E-state index in [0.717, 1.165) is 16.9 Å². The zero-order valence-electron chi connectivity index (χ0n) is 13.9. The second-order valence-corrected chi connectivity index (χ2v) is 5.96. The fourth-order valence-electron chi connectivity index (χ4n) is 2.69. The van der Waals surface area contributed by atoms with E-state index in [1.807, 2.05) is 42.0 Å². The summed E-state index contributed by atoms with van der Waals surface area (Å²) < 4.78 is 2.05. The molecule has 0 bridgehead atoms. The third kappa shape index (κ3) is 3.71. The summed E-state index contributed by atoms with van der Waals surface area (Å²) in [7, 11) is 0. The maximum Gasteiger partial charge on any atom is 0.226 e. The first-order valence-corrected chi connectivity index (χ1v) is 8.06. The molecule has 0 radical (unpaired) electrons. The average molecular weight is 319 g/mol. The number of aryl methyl sites for hydroxylation is 1. The number of rotatable bonds is 5. The summed E-state index contributed by atoms with van der Waals surface area (Å²) in [6.45, 7) is 4.03. The highest BCUT2D eigenvalue weighted by molar-refractivity contribution is 5.78. The number of nitrogens with zero attached hydrogens (tertiary/aromatic N) is 2. The Balaban J connectivity index is 1.69. The van der Waals surface area contributed by atoms with Gasteiger partial charge in [-0.25, -0.2) is 0 Å². The molecule has 0 spiro atoms. The van der Waals surface area contributed by atoms with Crippen molar-refractivity contribution in [2.75, 3.05) is 0 Å². The molecule has 0 aliphatic carbocycles. The van der Waals surface area contributed by atoms with Gasteiger partial charge in [0.15, 0.2) is 0 Å². The monoisotopic (exact) mass is 319 g/mol. The van der Waals surface area contributed by atoms with E-state index in [1.54, 1.807) is 12.4 Å². The Labute approximate surface area is 142 Å². The number of pyridine rings is 1. The number of carbonyl (C=O) groups is 1. The van der Waals surface area contributed by atoms with Crippen LogP contribution in [0.2, 0.25) is 0 Å². The number of amides is 1. The van der Waals surface area contributed by atoms with Gasteiger partial charge in [-0.2, -0.15) is 0 Å². The lowest BCUT2D eigenvalue weighted by atomic mass is 10.1. The molecule has 4 nitrogen and oxygen atoms in total. The quantitative estimate of drug-likeness (QED) is 0.781. The van der Waals surface area contributed by atoms with E-state index >= 15 is 0 Å². The van der Waals surface area contributed by atoms with Gasteiger partial charge in [0.1, 0.15) is 0 Å². The van der Waals surface area contributed by atoms with E-state index in [1.165, 1.54) is 5.56 Å². The van der Waals surface area contributed by atoms with Gasteiger partial charge in [-0.05, 0) is 49.7 Å². The molecule has 0 saturated heterocycles. The van der Waals surface area contributed by atoms with Crippen LogP contribution in [0.25, 0.3) is 5.69 Å². The summed E-state index contributed by atoms with van der Waals surface area (Å²) in [6.07, 6.45) is 5.83. The second-order valence-electron chi connectivity index (χ2n) is 5.96. The highest BCUT2D eigenvalue weighted by atomic mass is 16.1. The minimum atomic E-state index is -0.0611. The fraction of sp³-hybridized carbons (Fsp3) is 0.200. The van der Waals surface area contributed by atoms with Crippen LogP contribution in [0, 0.1) is 6.92 Å². The molecule has 4 heteroatoms. The summed E-state index contributed by atoms with van der Waals surface area (Å²) >= 11 is 0. The van der Waals surface area contributed by atoms with Gasteiger partial charge in [0.25, 0.3) is 0 Å². The SMILES string of the molecule is Cc1ccc(-n2cccc2CC(=O)N[C@H](C)c2cccnc2)cc1. The Hall–Kier alpha value is -2.88. The highest BCUT2D eigenvalue weighted by Crippen LogP contribution is 2.15. The van der Waals surface area contributed by atoms with E-state index in [9.17, 15) is 4.79 Å². The Morgan fingerprint density at radius 2 is 1.96 bits per heavy atom. The predicted octanol–water partition coefficient (Wildman–Crippen LogP) is 3.60. The summed E-state index contributed by atoms with van der Waals surface area (Å²) in [6, 6.07) is 16.0. The molecule has 3 aromatic rings. The van der Waals surface area contributed by atoms with Crippen LogP contribution < -0.4 is 5.32 Å². The third-order valence-electron chi connectivity index (χ3n) is 4.05. The summed E-state index contributed by atoms with van der Waals surface area (Å²) in [4.78, 5) is 16.5. The molecular weight excluding hydrogens is 298 g/mol. The molecular formula is C20H21N3O. The van der Waals surface area contributed by atoms with Gasteiger partial charge in [0, 0.05) is 30.0 Å². The molecule has 2 aromatic heterocycles. The zero-order chi connectivity index (χ0) is 16.9. The Morgan fingerprint density at radius 3 is 2.67 bits per heavy atom. The highest BCUT2D eigenvalue weighted by Gasteiger charge is 2.12. The number of aromatic nitrogens is 2. The Bertz CT molecular complexity index is 806. The van der Waals surface area contributed by atoms with Crippen LogP contribution in [-0.4, -0.2) is 15.5 Å². The van der Waals surface area contributed by atoms with E-state index in [-0.39, 0.29) is 11.9 Å². The normalized spacial score (nSPS) is 11.9. The molecule has 1 aromatic carbocycles. The maximum absolute atomic E-state index is 12.4. The van der Waals surface area contributed by atoms with Crippen molar-refractivity contribution in [2.45, 2.75) is 26.3 Å². The Morgan fingerprint density at radius 1 is 1.17 bits per heavy atom. The van der Waals surface area contributed by atoms with Crippen molar-refractivity contribution in [2.24, 2.45) is 0 Å². The van der Waals surface area contributed by atoms with Crippen LogP contribution in [0.15, 0.2) is 67.1 Å². The van der Waals surface area contributed by atoms with Gasteiger partial charge in [-0.1, -0.05) is 23.8 Å². The van der Waals surface area contributed by atoms with Gasteiger partial charge in [0.05, 0.1) is 12.5 Å². The van der Waals surface area contributed by atoms with Gasteiger partial charge in [-0.3, -0.25) is 9.78 Å². The Kier molecular flexibility index (Phi) is 4.75. The average Bonchev–Trinajstić information content (AvgIpc) is 3.04. The largest absolute Gasteiger partial charge is 0.349 e. The van der Waals surface area contributed by atoms with Gasteiger partial charge in [0.2, 0.25) is 5.91 Å². The molecule has 1 N–H and O–H groups in total. The standard InChI is InChI=1S/C20H21N3O/c1-15-7-9-18(10-8-15)23-12-4-6-19(23)13-20(24)22-16(2)17-5-3-11-21-14-17/h3-12,14,16H,13H2,1-2H3,(H,22,24)/t16-/m1/s1. The second kappa shape index (κ2) is 7.13. The lowest BCUT2D eigenvalue weighted by molar-refractivity contribution is -0.121. The lowest BCUT2D eigenvalue weighted by Crippen LogP contribution is -2.28. The van der Waals surface area contributed by atoms with Crippen molar-refractivity contribution < 1.29 is 4.79 Å². The molecule has 24 heavy (non-hydrogen) atoms. The smallest absolute Gasteiger partial charge is 0.226 e. The van der Waals surface area contributed by atoms with E-state index in [0.29, 0.717) is 6.42 Å². The number of nitrogens with one attached hydrogen (secondary N) is 1. The first kappa shape index (κ1) is 16.0. The van der Waals surface area contributed by atoms with Gasteiger partial charge < -0.3 is 9.88 Å². The zero-order valence-corrected chi connectivity index (χ0v) is 13.9. The molecule has 0 aliphatic rings. The van der Waals surface area contributed by atoms with Crippen LogP contribution in [0.4, 0.5) is 0 Å². The van der Waals surface area contributed by atoms with Crippen molar-refractivity contribution in [3.8, 4) is 5.69 Å². The maximum atomic E-state index is 12.4. The number of carbonyl (C=O) groups excluding carboxylic acids is 1. The van der Waals surface area contributed by atoms with Crippen molar-refractivity contribution in [3.05, 3.63) is 83.9 Å². The van der Waals surface area contributed by atoms with Crippen LogP contribution in [0.1, 0.15) is 29.8 Å². The minimum Gasteiger partial charge on any atom is -0.349 e. The molecule has 3 rings (SSSR count). The van der Waals surface area contributed by atoms with E-state index < -0.39 is 0 Å². The topological polar surface area (TPSA) is 46.9 Å². The molecule has 0 saturated carbocycles. The van der Waals surface area contributed by atoms with Crippen LogP contribution in [-0.2, 0) is 11.2 Å². The molecule has 1 atom stereocenters. The first-order valence-electron chi connectivity index (χ1n) is 8.06. The minimum absolute atomic E-state index is 0.00147. The summed E-state index contributed by atoms with van der Waals surface area (Å²) in [5, 5.41) is 3.03. The molecule has 0 unspecified atom stereocenters. The van der Waals surface area contributed by atoms with Crippen LogP contribution in [0.5, 0.6) is 0 Å². The van der Waals surface area contributed by atoms with Crippen molar-refractivity contribution in [3.63, 3.8) is 0 Å². The third-order valence-corrected chi connectivity index (χ3v) is 4.05. The van der Waals surface area contributed by atoms with Gasteiger partial charge in [-0.15, -0.1) is 0 Å². The van der Waals surface area contributed by atoms with E-state index in [4.69, 9.17) is 0 Å².